The summed E-state index contributed by atoms with van der Waals surface area (Å²) in [5.41, 5.74) is 0.369. The summed E-state index contributed by atoms with van der Waals surface area (Å²) in [5.74, 6) is 0. The average molecular weight is 227 g/mol. The first-order chi connectivity index (χ1) is 7.26. The van der Waals surface area contributed by atoms with Crippen LogP contribution < -0.4 is 5.32 Å². The Kier molecular flexibility index (Phi) is 4.42. The molecule has 3 unspecified atom stereocenters. The van der Waals surface area contributed by atoms with Gasteiger partial charge in [-0.05, 0) is 25.2 Å². The van der Waals surface area contributed by atoms with Crippen LogP contribution in [0.5, 0.6) is 0 Å². The molecule has 96 valence electrons. The Morgan fingerprint density at radius 2 is 2.00 bits per heavy atom. The molecule has 16 heavy (non-hydrogen) atoms. The van der Waals surface area contributed by atoms with Crippen LogP contribution >= 0.6 is 0 Å². The van der Waals surface area contributed by atoms with Crippen molar-refractivity contribution in [1.82, 2.24) is 5.32 Å². The number of aliphatic hydroxyl groups excluding tert-OH is 1. The summed E-state index contributed by atoms with van der Waals surface area (Å²) < 4.78 is 0. The van der Waals surface area contributed by atoms with Crippen LogP contribution in [0, 0.1) is 10.8 Å². The average Bonchev–Trinajstić information content (AvgIpc) is 2.18. The van der Waals surface area contributed by atoms with E-state index in [1.54, 1.807) is 0 Å². The molecule has 0 spiro atoms. The Bertz CT molecular complexity index is 221. The van der Waals surface area contributed by atoms with E-state index in [2.05, 4.69) is 39.9 Å². The molecular formula is C14H29NO. The normalized spacial score (nSPS) is 33.8. The molecular weight excluding hydrogens is 198 g/mol. The van der Waals surface area contributed by atoms with Gasteiger partial charge in [0.15, 0.2) is 0 Å². The summed E-state index contributed by atoms with van der Waals surface area (Å²) in [6, 6.07) is 0.485. The lowest BCUT2D eigenvalue weighted by Crippen LogP contribution is -2.48. The molecule has 0 aromatic rings. The molecule has 0 bridgehead atoms. The van der Waals surface area contributed by atoms with Crippen molar-refractivity contribution >= 4 is 0 Å². The van der Waals surface area contributed by atoms with Crippen LogP contribution in [0.1, 0.15) is 60.3 Å². The van der Waals surface area contributed by atoms with Crippen molar-refractivity contribution in [2.45, 2.75) is 72.4 Å². The highest BCUT2D eigenvalue weighted by atomic mass is 16.3. The summed E-state index contributed by atoms with van der Waals surface area (Å²) in [4.78, 5) is 0. The lowest BCUT2D eigenvalue weighted by Gasteiger charge is -2.41. The summed E-state index contributed by atoms with van der Waals surface area (Å²) in [5, 5.41) is 13.7. The first-order valence-electron chi connectivity index (χ1n) is 6.67. The smallest absolute Gasteiger partial charge is 0.0605 e. The summed E-state index contributed by atoms with van der Waals surface area (Å²) in [6.45, 7) is 12.2. The number of hydrogen-bond donors (Lipinski definition) is 2. The molecule has 2 N–H and O–H groups in total. The first-order valence-corrected chi connectivity index (χ1v) is 6.67. The van der Waals surface area contributed by atoms with E-state index in [1.807, 2.05) is 0 Å². The minimum absolute atomic E-state index is 0.0811. The minimum atomic E-state index is -0.124. The quantitative estimate of drug-likeness (QED) is 0.777. The Labute approximate surface area is 101 Å². The molecule has 3 atom stereocenters. The zero-order valence-electron chi connectivity index (χ0n) is 11.6. The standard InChI is InChI=1S/C14H29NO/c1-11(13(2,3)4)15-10-14(5)9-7-6-8-12(14)16/h11-12,15-16H,6-10H2,1-5H3. The molecule has 1 saturated carbocycles. The zero-order chi connectivity index (χ0) is 12.4. The molecule has 0 aromatic carbocycles. The van der Waals surface area contributed by atoms with E-state index in [4.69, 9.17) is 0 Å². The molecule has 1 aliphatic carbocycles. The fourth-order valence-corrected chi connectivity index (χ4v) is 2.28. The van der Waals surface area contributed by atoms with Gasteiger partial charge in [-0.1, -0.05) is 40.5 Å². The van der Waals surface area contributed by atoms with Gasteiger partial charge in [-0.25, -0.2) is 0 Å². The summed E-state index contributed by atoms with van der Waals surface area (Å²) >= 11 is 0. The number of aliphatic hydroxyl groups is 1. The maximum Gasteiger partial charge on any atom is 0.0605 e. The van der Waals surface area contributed by atoms with Crippen LogP contribution in [0.2, 0.25) is 0 Å². The van der Waals surface area contributed by atoms with Gasteiger partial charge in [-0.2, -0.15) is 0 Å². The van der Waals surface area contributed by atoms with Gasteiger partial charge in [0.2, 0.25) is 0 Å². The molecule has 0 heterocycles. The van der Waals surface area contributed by atoms with Crippen LogP contribution in [-0.4, -0.2) is 23.8 Å². The lowest BCUT2D eigenvalue weighted by atomic mass is 9.73. The maximum absolute atomic E-state index is 10.1. The monoisotopic (exact) mass is 227 g/mol. The molecule has 1 rings (SSSR count). The van der Waals surface area contributed by atoms with Crippen molar-refractivity contribution in [3.05, 3.63) is 0 Å². The van der Waals surface area contributed by atoms with Crippen molar-refractivity contribution in [3.8, 4) is 0 Å². The molecule has 2 nitrogen and oxygen atoms in total. The van der Waals surface area contributed by atoms with E-state index < -0.39 is 0 Å². The second-order valence-electron chi connectivity index (χ2n) is 6.88. The molecule has 1 aliphatic rings. The van der Waals surface area contributed by atoms with Crippen LogP contribution in [0.15, 0.2) is 0 Å². The van der Waals surface area contributed by atoms with Crippen LogP contribution in [-0.2, 0) is 0 Å². The minimum Gasteiger partial charge on any atom is -0.393 e. The topological polar surface area (TPSA) is 32.3 Å². The maximum atomic E-state index is 10.1. The third-order valence-electron chi connectivity index (χ3n) is 4.39. The Hall–Kier alpha value is -0.0800. The van der Waals surface area contributed by atoms with Gasteiger partial charge in [0, 0.05) is 18.0 Å². The van der Waals surface area contributed by atoms with Gasteiger partial charge in [-0.15, -0.1) is 0 Å². The summed E-state index contributed by atoms with van der Waals surface area (Å²) in [7, 11) is 0. The zero-order valence-corrected chi connectivity index (χ0v) is 11.6. The van der Waals surface area contributed by atoms with E-state index in [0.717, 1.165) is 19.4 Å². The van der Waals surface area contributed by atoms with Gasteiger partial charge < -0.3 is 10.4 Å². The van der Waals surface area contributed by atoms with Crippen molar-refractivity contribution < 1.29 is 5.11 Å². The molecule has 1 fully saturated rings. The summed E-state index contributed by atoms with van der Waals surface area (Å²) in [6.07, 6.45) is 4.45. The van der Waals surface area contributed by atoms with E-state index in [1.165, 1.54) is 12.8 Å². The molecule has 0 radical (unpaired) electrons. The molecule has 0 aliphatic heterocycles. The van der Waals surface area contributed by atoms with Crippen LogP contribution in [0.25, 0.3) is 0 Å². The highest BCUT2D eigenvalue weighted by Gasteiger charge is 2.35. The highest BCUT2D eigenvalue weighted by molar-refractivity contribution is 4.89. The predicted molar refractivity (Wildman–Crippen MR) is 69.5 cm³/mol. The van der Waals surface area contributed by atoms with E-state index in [9.17, 15) is 5.11 Å². The third-order valence-corrected chi connectivity index (χ3v) is 4.39. The van der Waals surface area contributed by atoms with E-state index in [0.29, 0.717) is 6.04 Å². The fourth-order valence-electron chi connectivity index (χ4n) is 2.28. The van der Waals surface area contributed by atoms with Gasteiger partial charge >= 0.3 is 0 Å². The molecule has 0 aromatic heterocycles. The second kappa shape index (κ2) is 5.05. The first kappa shape index (κ1) is 14.0. The van der Waals surface area contributed by atoms with Gasteiger partial charge in [0.25, 0.3) is 0 Å². The Balaban J connectivity index is 2.47. The fraction of sp³-hybridized carbons (Fsp3) is 1.00. The number of nitrogens with one attached hydrogen (secondary N) is 1. The van der Waals surface area contributed by atoms with Crippen molar-refractivity contribution in [3.63, 3.8) is 0 Å². The molecule has 2 heteroatoms. The molecule has 0 amide bonds. The van der Waals surface area contributed by atoms with Crippen LogP contribution in [0.3, 0.4) is 0 Å². The van der Waals surface area contributed by atoms with Crippen LogP contribution in [0.4, 0.5) is 0 Å². The number of rotatable bonds is 3. The number of hydrogen-bond acceptors (Lipinski definition) is 2. The third kappa shape index (κ3) is 3.46. The van der Waals surface area contributed by atoms with Gasteiger partial charge in [0.1, 0.15) is 0 Å². The van der Waals surface area contributed by atoms with E-state index in [-0.39, 0.29) is 16.9 Å². The second-order valence-corrected chi connectivity index (χ2v) is 6.88. The van der Waals surface area contributed by atoms with E-state index >= 15 is 0 Å². The lowest BCUT2D eigenvalue weighted by molar-refractivity contribution is -0.00214. The van der Waals surface area contributed by atoms with Gasteiger partial charge in [0.05, 0.1) is 6.10 Å². The van der Waals surface area contributed by atoms with Crippen molar-refractivity contribution in [2.75, 3.05) is 6.54 Å². The Morgan fingerprint density at radius 1 is 1.38 bits per heavy atom. The van der Waals surface area contributed by atoms with Gasteiger partial charge in [-0.3, -0.25) is 0 Å². The molecule has 0 saturated heterocycles. The SMILES string of the molecule is CC(NCC1(C)CCCCC1O)C(C)(C)C. The Morgan fingerprint density at radius 3 is 2.50 bits per heavy atom. The predicted octanol–water partition coefficient (Wildman–Crippen LogP) is 2.95. The van der Waals surface area contributed by atoms with Crippen molar-refractivity contribution in [2.24, 2.45) is 10.8 Å². The largest absolute Gasteiger partial charge is 0.393 e. The highest BCUT2D eigenvalue weighted by Crippen LogP contribution is 2.35. The van der Waals surface area contributed by atoms with Crippen molar-refractivity contribution in [1.29, 1.82) is 0 Å².